The first-order valence-electron chi connectivity index (χ1n) is 11.8. The number of nitrogens with one attached hydrogen (secondary N) is 1. The molecule has 0 bridgehead atoms. The Bertz CT molecular complexity index is 1320. The Morgan fingerprint density at radius 1 is 1.28 bits per heavy atom. The van der Waals surface area contributed by atoms with Crippen LogP contribution >= 0.6 is 34.2 Å². The molecule has 0 spiro atoms. The number of piperidine rings is 1. The van der Waals surface area contributed by atoms with Crippen LogP contribution in [-0.4, -0.2) is 63.1 Å². The van der Waals surface area contributed by atoms with E-state index in [1.807, 2.05) is 32.0 Å². The van der Waals surface area contributed by atoms with Gasteiger partial charge in [-0.3, -0.25) is 9.59 Å². The van der Waals surface area contributed by atoms with Crippen LogP contribution in [0.2, 0.25) is 5.02 Å². The summed E-state index contributed by atoms with van der Waals surface area (Å²) in [5.74, 6) is 1.08. The number of carbonyl (C=O) groups excluding carboxylic acids is 1. The predicted molar refractivity (Wildman–Crippen MR) is 152 cm³/mol. The molecule has 0 radical (unpaired) electrons. The highest BCUT2D eigenvalue weighted by Gasteiger charge is 2.20. The molecule has 1 aliphatic heterocycles. The molecule has 9 nitrogen and oxygen atoms in total. The Kier molecular flexibility index (Phi) is 8.23. The van der Waals surface area contributed by atoms with Crippen LogP contribution in [0.1, 0.15) is 32.7 Å². The minimum atomic E-state index is -0.275. The summed E-state index contributed by atoms with van der Waals surface area (Å²) in [5, 5.41) is 4.51. The average molecular weight is 625 g/mol. The minimum Gasteiger partial charge on any atom is -0.478 e. The molecule has 2 aromatic heterocycles. The first-order chi connectivity index (χ1) is 17.1. The van der Waals surface area contributed by atoms with Crippen molar-refractivity contribution in [2.24, 2.45) is 0 Å². The molecule has 3 aromatic rings. The highest BCUT2D eigenvalue weighted by Crippen LogP contribution is 2.29. The Morgan fingerprint density at radius 3 is 2.67 bits per heavy atom. The van der Waals surface area contributed by atoms with Gasteiger partial charge in [0.05, 0.1) is 11.7 Å². The number of alkyl halides is 1. The molecule has 1 aromatic carbocycles. The molecule has 1 fully saturated rings. The Labute approximate surface area is 228 Å². The first kappa shape index (κ1) is 26.5. The third-order valence-corrected chi connectivity index (χ3v) is 7.59. The zero-order valence-corrected chi connectivity index (χ0v) is 23.7. The zero-order valence-electron chi connectivity index (χ0n) is 20.8. The summed E-state index contributed by atoms with van der Waals surface area (Å²) < 4.78 is 7.98. The lowest BCUT2D eigenvalue weighted by molar-refractivity contribution is -0.130. The van der Waals surface area contributed by atoms with Crippen molar-refractivity contribution >= 4 is 68.5 Å². The van der Waals surface area contributed by atoms with Crippen LogP contribution in [0.4, 0.5) is 17.5 Å². The monoisotopic (exact) mass is 624 g/mol. The summed E-state index contributed by atoms with van der Waals surface area (Å²) in [7, 11) is 3.29. The van der Waals surface area contributed by atoms with Gasteiger partial charge in [0, 0.05) is 48.2 Å². The maximum Gasteiger partial charge on any atom is 0.293 e. The van der Waals surface area contributed by atoms with Crippen molar-refractivity contribution < 1.29 is 9.53 Å². The van der Waals surface area contributed by atoms with E-state index in [4.69, 9.17) is 16.3 Å². The third kappa shape index (κ3) is 5.86. The topological polar surface area (TPSA) is 92.6 Å². The molecular weight excluding hydrogens is 595 g/mol. The van der Waals surface area contributed by atoms with Crippen LogP contribution in [0.5, 0.6) is 5.75 Å². The van der Waals surface area contributed by atoms with E-state index in [1.165, 1.54) is 4.90 Å². The van der Waals surface area contributed by atoms with Gasteiger partial charge in [-0.25, -0.2) is 4.98 Å². The summed E-state index contributed by atoms with van der Waals surface area (Å²) in [4.78, 5) is 37.8. The molecule has 0 saturated carbocycles. The molecular formula is C25H30ClIN6O3. The molecule has 0 aliphatic carbocycles. The van der Waals surface area contributed by atoms with Crippen LogP contribution in [0.3, 0.4) is 0 Å². The molecule has 0 unspecified atom stereocenters. The smallest absolute Gasteiger partial charge is 0.293 e. The standard InChI is InChI=1S/C25H30ClIN6O3/c1-15(2)33-20-6-5-18(11-16(20)12-21(24(33)35)36-14-22(34)31(3)4)29-23-19(26)13-28-25(30-23)32-9-7-17(27)8-10-32/h5-6,11-13,15,17H,7-10,14H2,1-4H3,(H,28,29,30). The number of carbonyl (C=O) groups is 1. The molecule has 192 valence electrons. The summed E-state index contributed by atoms with van der Waals surface area (Å²) in [6.07, 6.45) is 3.82. The van der Waals surface area contributed by atoms with Crippen molar-refractivity contribution in [3.8, 4) is 5.75 Å². The number of benzene rings is 1. The van der Waals surface area contributed by atoms with E-state index in [-0.39, 0.29) is 29.9 Å². The lowest BCUT2D eigenvalue weighted by Crippen LogP contribution is -2.35. The maximum absolute atomic E-state index is 13.1. The molecule has 3 heterocycles. The number of pyridine rings is 1. The minimum absolute atomic E-state index is 0.0996. The van der Waals surface area contributed by atoms with Gasteiger partial charge in [-0.15, -0.1) is 0 Å². The summed E-state index contributed by atoms with van der Waals surface area (Å²) >= 11 is 8.92. The van der Waals surface area contributed by atoms with Gasteiger partial charge in [0.25, 0.3) is 11.5 Å². The number of halogens is 2. The van der Waals surface area contributed by atoms with Crippen molar-refractivity contribution in [1.29, 1.82) is 0 Å². The number of rotatable bonds is 7. The lowest BCUT2D eigenvalue weighted by Gasteiger charge is -2.29. The summed E-state index contributed by atoms with van der Waals surface area (Å²) in [5.41, 5.74) is 1.25. The maximum atomic E-state index is 13.1. The molecule has 1 amide bonds. The van der Waals surface area contributed by atoms with E-state index in [0.29, 0.717) is 20.7 Å². The molecule has 1 saturated heterocycles. The number of anilines is 3. The van der Waals surface area contributed by atoms with E-state index in [9.17, 15) is 9.59 Å². The summed E-state index contributed by atoms with van der Waals surface area (Å²) in [6.45, 7) is 5.49. The third-order valence-electron chi connectivity index (χ3n) is 6.07. The first-order valence-corrected chi connectivity index (χ1v) is 13.5. The van der Waals surface area contributed by atoms with E-state index in [1.54, 1.807) is 30.9 Å². The van der Waals surface area contributed by atoms with Crippen molar-refractivity contribution in [3.05, 3.63) is 45.8 Å². The van der Waals surface area contributed by atoms with E-state index in [2.05, 4.69) is 42.8 Å². The number of hydrogen-bond donors (Lipinski definition) is 1. The van der Waals surface area contributed by atoms with Gasteiger partial charge in [-0.1, -0.05) is 34.2 Å². The quantitative estimate of drug-likeness (QED) is 0.303. The normalized spacial score (nSPS) is 14.4. The fraction of sp³-hybridized carbons (Fsp3) is 0.440. The molecule has 11 heteroatoms. The molecule has 36 heavy (non-hydrogen) atoms. The van der Waals surface area contributed by atoms with Gasteiger partial charge in [0.2, 0.25) is 5.95 Å². The Hall–Kier alpha value is -2.60. The lowest BCUT2D eigenvalue weighted by atomic mass is 10.1. The second kappa shape index (κ2) is 11.2. The van der Waals surface area contributed by atoms with Gasteiger partial charge < -0.3 is 24.4 Å². The highest BCUT2D eigenvalue weighted by molar-refractivity contribution is 14.1. The number of amides is 1. The van der Waals surface area contributed by atoms with Crippen LogP contribution in [0.15, 0.2) is 35.3 Å². The second-order valence-corrected chi connectivity index (χ2v) is 11.4. The fourth-order valence-corrected chi connectivity index (χ4v) is 4.76. The van der Waals surface area contributed by atoms with Crippen molar-refractivity contribution in [1.82, 2.24) is 19.4 Å². The van der Waals surface area contributed by atoms with Gasteiger partial charge >= 0.3 is 0 Å². The number of nitrogens with zero attached hydrogens (tertiary/aromatic N) is 5. The van der Waals surface area contributed by atoms with Crippen LogP contribution < -0.4 is 20.5 Å². The number of ether oxygens (including phenoxy) is 1. The number of hydrogen-bond acceptors (Lipinski definition) is 7. The number of aromatic nitrogens is 3. The Balaban J connectivity index is 1.66. The highest BCUT2D eigenvalue weighted by atomic mass is 127. The fourth-order valence-electron chi connectivity index (χ4n) is 4.07. The van der Waals surface area contributed by atoms with Gasteiger partial charge in [-0.05, 0) is 51.0 Å². The van der Waals surface area contributed by atoms with Gasteiger partial charge in [0.1, 0.15) is 5.02 Å². The molecule has 1 N–H and O–H groups in total. The van der Waals surface area contributed by atoms with Crippen molar-refractivity contribution in [2.45, 2.75) is 36.7 Å². The van der Waals surface area contributed by atoms with Crippen LogP contribution in [-0.2, 0) is 4.79 Å². The molecule has 1 aliphatic rings. The largest absolute Gasteiger partial charge is 0.478 e. The van der Waals surface area contributed by atoms with Gasteiger partial charge in [0.15, 0.2) is 18.2 Å². The zero-order chi connectivity index (χ0) is 26.0. The Morgan fingerprint density at radius 2 is 2.00 bits per heavy atom. The molecule has 0 atom stereocenters. The van der Waals surface area contributed by atoms with Crippen LogP contribution in [0, 0.1) is 0 Å². The van der Waals surface area contributed by atoms with E-state index < -0.39 is 0 Å². The van der Waals surface area contributed by atoms with Gasteiger partial charge in [-0.2, -0.15) is 4.98 Å². The van der Waals surface area contributed by atoms with E-state index in [0.717, 1.165) is 42.5 Å². The number of fused-ring (bicyclic) bond motifs is 1. The molecule has 4 rings (SSSR count). The van der Waals surface area contributed by atoms with Crippen molar-refractivity contribution in [2.75, 3.05) is 44.0 Å². The van der Waals surface area contributed by atoms with Crippen molar-refractivity contribution in [3.63, 3.8) is 0 Å². The average Bonchev–Trinajstić information content (AvgIpc) is 2.84. The van der Waals surface area contributed by atoms with E-state index >= 15 is 0 Å². The predicted octanol–water partition coefficient (Wildman–Crippen LogP) is 4.64. The number of likely N-dealkylation sites (N-methyl/N-ethyl adjacent to an activating group) is 1. The SMILES string of the molecule is CC(C)n1c(=O)c(OCC(=O)N(C)C)cc2cc(Nc3nc(N4CCC(I)CC4)ncc3Cl)ccc21. The van der Waals surface area contributed by atoms with Crippen LogP contribution in [0.25, 0.3) is 10.9 Å². The second-order valence-electron chi connectivity index (χ2n) is 9.28. The summed E-state index contributed by atoms with van der Waals surface area (Å²) in [6, 6.07) is 7.25.